The first-order valence-corrected chi connectivity index (χ1v) is 6.80. The zero-order valence-corrected chi connectivity index (χ0v) is 12.5. The quantitative estimate of drug-likeness (QED) is 0.839. The van der Waals surface area contributed by atoms with Gasteiger partial charge in [-0.3, -0.25) is 0 Å². The summed E-state index contributed by atoms with van der Waals surface area (Å²) >= 11 is 0. The lowest BCUT2D eigenvalue weighted by Gasteiger charge is -2.16. The van der Waals surface area contributed by atoms with E-state index < -0.39 is 0 Å². The second-order valence-corrected chi connectivity index (χ2v) is 4.86. The van der Waals surface area contributed by atoms with E-state index in [1.165, 1.54) is 5.56 Å². The Morgan fingerprint density at radius 1 is 0.950 bits per heavy atom. The third-order valence-electron chi connectivity index (χ3n) is 3.41. The summed E-state index contributed by atoms with van der Waals surface area (Å²) in [6.07, 6.45) is 0. The molecule has 2 aromatic rings. The second-order valence-electron chi connectivity index (χ2n) is 4.86. The molecule has 0 amide bonds. The number of para-hydroxylation sites is 1. The number of benzene rings is 2. The van der Waals surface area contributed by atoms with E-state index in [4.69, 9.17) is 15.2 Å². The van der Waals surface area contributed by atoms with Crippen LogP contribution >= 0.6 is 0 Å². The number of hydrogen-bond acceptors (Lipinski definition) is 3. The van der Waals surface area contributed by atoms with Crippen LogP contribution in [0.3, 0.4) is 0 Å². The minimum absolute atomic E-state index is 0.537. The van der Waals surface area contributed by atoms with E-state index in [9.17, 15) is 0 Å². The first kappa shape index (κ1) is 14.3. The standard InChI is InChI=1S/C17H21NO2/c1-5-19-14-7-6-8-15(16(14)18)20-17-12(3)10-9-11(2)13(17)4/h6-10H,5,18H2,1-4H3. The Kier molecular flexibility index (Phi) is 4.18. The van der Waals surface area contributed by atoms with Gasteiger partial charge in [-0.15, -0.1) is 0 Å². The molecule has 2 aromatic carbocycles. The lowest BCUT2D eigenvalue weighted by Crippen LogP contribution is -2.00. The SMILES string of the molecule is CCOc1cccc(Oc2c(C)ccc(C)c2C)c1N. The van der Waals surface area contributed by atoms with Crippen LogP contribution in [-0.4, -0.2) is 6.61 Å². The summed E-state index contributed by atoms with van der Waals surface area (Å²) in [6.45, 7) is 8.67. The lowest BCUT2D eigenvalue weighted by molar-refractivity contribution is 0.340. The molecule has 0 atom stereocenters. The molecule has 0 aliphatic rings. The van der Waals surface area contributed by atoms with Crippen LogP contribution in [0.4, 0.5) is 5.69 Å². The molecule has 0 aromatic heterocycles. The van der Waals surface area contributed by atoms with Gasteiger partial charge in [-0.25, -0.2) is 0 Å². The van der Waals surface area contributed by atoms with Crippen LogP contribution in [0.15, 0.2) is 30.3 Å². The second kappa shape index (κ2) is 5.87. The van der Waals surface area contributed by atoms with Crippen LogP contribution in [0, 0.1) is 20.8 Å². The maximum Gasteiger partial charge on any atom is 0.154 e. The topological polar surface area (TPSA) is 44.5 Å². The molecule has 20 heavy (non-hydrogen) atoms. The highest BCUT2D eigenvalue weighted by atomic mass is 16.5. The average molecular weight is 271 g/mol. The summed E-state index contributed by atoms with van der Waals surface area (Å²) in [7, 11) is 0. The summed E-state index contributed by atoms with van der Waals surface area (Å²) < 4.78 is 11.5. The van der Waals surface area contributed by atoms with Crippen molar-refractivity contribution < 1.29 is 9.47 Å². The van der Waals surface area contributed by atoms with Gasteiger partial charge in [0.25, 0.3) is 0 Å². The smallest absolute Gasteiger partial charge is 0.154 e. The zero-order valence-electron chi connectivity index (χ0n) is 12.5. The zero-order chi connectivity index (χ0) is 14.7. The number of rotatable bonds is 4. The van der Waals surface area contributed by atoms with E-state index in [0.29, 0.717) is 23.8 Å². The number of anilines is 1. The van der Waals surface area contributed by atoms with Crippen molar-refractivity contribution in [3.8, 4) is 17.2 Å². The lowest BCUT2D eigenvalue weighted by atomic mass is 10.1. The van der Waals surface area contributed by atoms with Crippen LogP contribution < -0.4 is 15.2 Å². The molecular weight excluding hydrogens is 250 g/mol. The van der Waals surface area contributed by atoms with E-state index in [2.05, 4.69) is 26.0 Å². The van der Waals surface area contributed by atoms with Crippen LogP contribution in [0.2, 0.25) is 0 Å². The van der Waals surface area contributed by atoms with E-state index in [1.54, 1.807) is 0 Å². The van der Waals surface area contributed by atoms with Gasteiger partial charge in [-0.2, -0.15) is 0 Å². The molecule has 2 N–H and O–H groups in total. The highest BCUT2D eigenvalue weighted by Crippen LogP contribution is 2.37. The molecule has 0 bridgehead atoms. The number of nitrogen functional groups attached to an aromatic ring is 1. The third kappa shape index (κ3) is 2.72. The number of aryl methyl sites for hydroxylation is 2. The van der Waals surface area contributed by atoms with Crippen molar-refractivity contribution in [2.45, 2.75) is 27.7 Å². The Hall–Kier alpha value is -2.16. The molecule has 0 heterocycles. The largest absolute Gasteiger partial charge is 0.492 e. The maximum absolute atomic E-state index is 6.11. The van der Waals surface area contributed by atoms with Crippen LogP contribution in [0.25, 0.3) is 0 Å². The molecule has 0 unspecified atom stereocenters. The molecule has 0 radical (unpaired) electrons. The van der Waals surface area contributed by atoms with Crippen molar-refractivity contribution in [1.82, 2.24) is 0 Å². The third-order valence-corrected chi connectivity index (χ3v) is 3.41. The number of nitrogens with two attached hydrogens (primary N) is 1. The minimum Gasteiger partial charge on any atom is -0.492 e. The van der Waals surface area contributed by atoms with Gasteiger partial charge in [0.05, 0.1) is 6.61 Å². The van der Waals surface area contributed by atoms with Gasteiger partial charge >= 0.3 is 0 Å². The van der Waals surface area contributed by atoms with E-state index in [-0.39, 0.29) is 0 Å². The highest BCUT2D eigenvalue weighted by molar-refractivity contribution is 5.64. The molecule has 3 heteroatoms. The molecule has 0 spiro atoms. The molecule has 106 valence electrons. The van der Waals surface area contributed by atoms with Crippen LogP contribution in [0.5, 0.6) is 17.2 Å². The minimum atomic E-state index is 0.537. The Morgan fingerprint density at radius 2 is 1.60 bits per heavy atom. The molecular formula is C17H21NO2. The Bertz CT molecular complexity index is 621. The van der Waals surface area contributed by atoms with Gasteiger partial charge in [0, 0.05) is 0 Å². The average Bonchev–Trinajstić information content (AvgIpc) is 2.43. The monoisotopic (exact) mass is 271 g/mol. The summed E-state index contributed by atoms with van der Waals surface area (Å²) in [5.74, 6) is 2.16. The van der Waals surface area contributed by atoms with Crippen molar-refractivity contribution in [2.75, 3.05) is 12.3 Å². The van der Waals surface area contributed by atoms with Crippen molar-refractivity contribution in [1.29, 1.82) is 0 Å². The van der Waals surface area contributed by atoms with Crippen molar-refractivity contribution in [3.63, 3.8) is 0 Å². The molecule has 0 aliphatic carbocycles. The van der Waals surface area contributed by atoms with Crippen molar-refractivity contribution in [2.24, 2.45) is 0 Å². The maximum atomic E-state index is 6.11. The number of ether oxygens (including phenoxy) is 2. The van der Waals surface area contributed by atoms with E-state index in [1.807, 2.05) is 32.0 Å². The summed E-state index contributed by atoms with van der Waals surface area (Å²) in [5.41, 5.74) is 10.1. The first-order chi connectivity index (χ1) is 9.54. The fraction of sp³-hybridized carbons (Fsp3) is 0.294. The van der Waals surface area contributed by atoms with Crippen LogP contribution in [-0.2, 0) is 0 Å². The molecule has 3 nitrogen and oxygen atoms in total. The molecule has 2 rings (SSSR count). The van der Waals surface area contributed by atoms with Crippen molar-refractivity contribution in [3.05, 3.63) is 47.0 Å². The molecule has 0 saturated carbocycles. The fourth-order valence-electron chi connectivity index (χ4n) is 2.09. The van der Waals surface area contributed by atoms with Gasteiger partial charge < -0.3 is 15.2 Å². The Labute approximate surface area is 120 Å². The normalized spacial score (nSPS) is 10.4. The Balaban J connectivity index is 2.40. The first-order valence-electron chi connectivity index (χ1n) is 6.80. The van der Waals surface area contributed by atoms with Gasteiger partial charge in [0.1, 0.15) is 17.2 Å². The summed E-state index contributed by atoms with van der Waals surface area (Å²) in [4.78, 5) is 0. The summed E-state index contributed by atoms with van der Waals surface area (Å²) in [6, 6.07) is 9.75. The van der Waals surface area contributed by atoms with Gasteiger partial charge in [-0.1, -0.05) is 18.2 Å². The molecule has 0 fully saturated rings. The molecule has 0 aliphatic heterocycles. The van der Waals surface area contributed by atoms with Gasteiger partial charge in [-0.05, 0) is 56.5 Å². The van der Waals surface area contributed by atoms with Gasteiger partial charge in [0.15, 0.2) is 5.75 Å². The predicted molar refractivity (Wildman–Crippen MR) is 82.8 cm³/mol. The van der Waals surface area contributed by atoms with Crippen LogP contribution in [0.1, 0.15) is 23.6 Å². The highest BCUT2D eigenvalue weighted by Gasteiger charge is 2.12. The Morgan fingerprint density at radius 3 is 2.30 bits per heavy atom. The van der Waals surface area contributed by atoms with E-state index in [0.717, 1.165) is 16.9 Å². The number of hydrogen-bond donors (Lipinski definition) is 1. The fourth-order valence-corrected chi connectivity index (χ4v) is 2.09. The van der Waals surface area contributed by atoms with E-state index >= 15 is 0 Å². The van der Waals surface area contributed by atoms with Crippen molar-refractivity contribution >= 4 is 5.69 Å². The predicted octanol–water partition coefficient (Wildman–Crippen LogP) is 4.39. The molecule has 0 saturated heterocycles. The summed E-state index contributed by atoms with van der Waals surface area (Å²) in [5, 5.41) is 0. The van der Waals surface area contributed by atoms with Gasteiger partial charge in [0.2, 0.25) is 0 Å².